The molecule has 12 heteroatoms. The van der Waals surface area contributed by atoms with E-state index in [0.717, 1.165) is 6.20 Å². The molecule has 3 atom stereocenters. The van der Waals surface area contributed by atoms with Crippen molar-refractivity contribution in [1.29, 1.82) is 0 Å². The van der Waals surface area contributed by atoms with Crippen molar-refractivity contribution in [2.24, 2.45) is 0 Å². The molecule has 0 bridgehead atoms. The van der Waals surface area contributed by atoms with E-state index in [1.165, 1.54) is 41.4 Å². The van der Waals surface area contributed by atoms with Crippen LogP contribution in [0.5, 0.6) is 0 Å². The maximum atomic E-state index is 15.0. The number of hydrogen-bond donors (Lipinski definition) is 2. The van der Waals surface area contributed by atoms with E-state index < -0.39 is 53.1 Å². The molecule has 1 aliphatic heterocycles. The number of anilines is 1. The zero-order valence-corrected chi connectivity index (χ0v) is 25.4. The molecule has 1 fully saturated rings. The van der Waals surface area contributed by atoms with Gasteiger partial charge in [-0.1, -0.05) is 29.8 Å². The molecule has 1 aromatic heterocycles. The maximum Gasteiger partial charge on any atom is 0.410 e. The summed E-state index contributed by atoms with van der Waals surface area (Å²) in [7, 11) is 0. The van der Waals surface area contributed by atoms with Gasteiger partial charge in [-0.3, -0.25) is 14.7 Å². The van der Waals surface area contributed by atoms with E-state index in [-0.39, 0.29) is 55.3 Å². The second kappa shape index (κ2) is 14.4. The third-order valence-corrected chi connectivity index (χ3v) is 7.49. The zero-order chi connectivity index (χ0) is 32.0. The number of nitrogens with zero attached hydrogens (tertiary/aromatic N) is 2. The van der Waals surface area contributed by atoms with E-state index in [1.807, 2.05) is 0 Å². The van der Waals surface area contributed by atoms with E-state index in [2.05, 4.69) is 10.3 Å². The molecule has 0 spiro atoms. The SMILES string of the molecule is CC(C)(C)OC(=O)N1C[C@@H](CCc2c(F)cncc2NC(=O)C[C@H](c2cccc(F)c2)c2ccc(Cl)c(F)c2)OC[C@H]1CO. The van der Waals surface area contributed by atoms with Crippen LogP contribution in [0.1, 0.15) is 56.2 Å². The average molecular weight is 634 g/mol. The van der Waals surface area contributed by atoms with Gasteiger partial charge in [0, 0.05) is 17.9 Å². The topological polar surface area (TPSA) is 101 Å². The number of nitrogens with one attached hydrogen (secondary N) is 1. The summed E-state index contributed by atoms with van der Waals surface area (Å²) in [5, 5.41) is 12.4. The van der Waals surface area contributed by atoms with Crippen molar-refractivity contribution in [3.63, 3.8) is 0 Å². The van der Waals surface area contributed by atoms with Crippen LogP contribution in [-0.4, -0.2) is 64.5 Å². The Kier molecular flexibility index (Phi) is 10.9. The Morgan fingerprint density at radius 2 is 1.89 bits per heavy atom. The molecule has 0 saturated carbocycles. The van der Waals surface area contributed by atoms with Crippen molar-refractivity contribution < 1.29 is 37.3 Å². The van der Waals surface area contributed by atoms with Gasteiger partial charge in [0.1, 0.15) is 23.1 Å². The van der Waals surface area contributed by atoms with E-state index >= 15 is 4.39 Å². The number of carbonyl (C=O) groups is 2. The minimum Gasteiger partial charge on any atom is -0.444 e. The van der Waals surface area contributed by atoms with Crippen molar-refractivity contribution in [3.05, 3.63) is 94.0 Å². The summed E-state index contributed by atoms with van der Waals surface area (Å²) in [6.07, 6.45) is 1.51. The predicted octanol–water partition coefficient (Wildman–Crippen LogP) is 6.24. The van der Waals surface area contributed by atoms with Crippen LogP contribution < -0.4 is 5.32 Å². The lowest BCUT2D eigenvalue weighted by Crippen LogP contribution is -2.55. The van der Waals surface area contributed by atoms with Gasteiger partial charge in [0.15, 0.2) is 0 Å². The van der Waals surface area contributed by atoms with Crippen LogP contribution >= 0.6 is 11.6 Å². The number of ether oxygens (including phenoxy) is 2. The Morgan fingerprint density at radius 1 is 1.14 bits per heavy atom. The van der Waals surface area contributed by atoms with Crippen molar-refractivity contribution in [1.82, 2.24) is 9.88 Å². The molecule has 1 aliphatic rings. The highest BCUT2D eigenvalue weighted by Crippen LogP contribution is 2.32. The standard InChI is InChI=1S/C32H35ClF3N3O5/c1-32(2,3)44-31(42)39-16-23(43-18-22(39)17-40)8-9-24-28(36)14-37-15-29(24)38-30(41)13-25(19-5-4-6-21(34)11-19)20-7-10-26(33)27(35)12-20/h4-7,10-12,14-15,22-23,25,40H,8-9,13,16-18H2,1-3H3,(H,38,41)/t22-,23-,25-/m1/s1. The minimum absolute atomic E-state index is 0.0790. The van der Waals surface area contributed by atoms with Gasteiger partial charge in [0.2, 0.25) is 5.91 Å². The van der Waals surface area contributed by atoms with Gasteiger partial charge < -0.3 is 19.9 Å². The Morgan fingerprint density at radius 3 is 2.57 bits per heavy atom. The predicted molar refractivity (Wildman–Crippen MR) is 159 cm³/mol. The normalized spacial score (nSPS) is 17.7. The van der Waals surface area contributed by atoms with Gasteiger partial charge in [0.05, 0.1) is 55.0 Å². The zero-order valence-electron chi connectivity index (χ0n) is 24.7. The molecule has 1 saturated heterocycles. The van der Waals surface area contributed by atoms with Gasteiger partial charge in [0.25, 0.3) is 0 Å². The Bertz CT molecular complexity index is 1490. The molecule has 0 unspecified atom stereocenters. The number of benzene rings is 2. The fraction of sp³-hybridized carbons (Fsp3) is 0.406. The van der Waals surface area contributed by atoms with E-state index in [1.54, 1.807) is 32.9 Å². The third-order valence-electron chi connectivity index (χ3n) is 7.19. The molecule has 0 aliphatic carbocycles. The number of carbonyl (C=O) groups excluding carboxylic acids is 2. The number of morpholine rings is 1. The minimum atomic E-state index is -0.729. The second-order valence-electron chi connectivity index (χ2n) is 11.6. The molecule has 3 aromatic rings. The number of rotatable bonds is 9. The first-order chi connectivity index (χ1) is 20.8. The number of amides is 2. The van der Waals surface area contributed by atoms with Crippen molar-refractivity contribution >= 4 is 29.3 Å². The monoisotopic (exact) mass is 633 g/mol. The number of aliphatic hydroxyl groups excluding tert-OH is 1. The van der Waals surface area contributed by atoms with Crippen LogP contribution in [0.15, 0.2) is 54.9 Å². The molecule has 236 valence electrons. The summed E-state index contributed by atoms with van der Waals surface area (Å²) in [4.78, 5) is 31.3. The lowest BCUT2D eigenvalue weighted by Gasteiger charge is -2.39. The van der Waals surface area contributed by atoms with Crippen molar-refractivity contribution in [2.45, 2.75) is 63.7 Å². The lowest BCUT2D eigenvalue weighted by atomic mass is 9.88. The first kappa shape index (κ1) is 33.2. The molecule has 2 N–H and O–H groups in total. The summed E-state index contributed by atoms with van der Waals surface area (Å²) < 4.78 is 54.8. The number of pyridine rings is 1. The fourth-order valence-corrected chi connectivity index (χ4v) is 5.14. The maximum absolute atomic E-state index is 15.0. The molecule has 2 heterocycles. The molecule has 2 aromatic carbocycles. The van der Waals surface area contributed by atoms with Gasteiger partial charge in [-0.25, -0.2) is 18.0 Å². The summed E-state index contributed by atoms with van der Waals surface area (Å²) in [5.41, 5.74) is 0.460. The van der Waals surface area contributed by atoms with Gasteiger partial charge in [-0.05, 0) is 69.0 Å². The van der Waals surface area contributed by atoms with E-state index in [9.17, 15) is 23.5 Å². The van der Waals surface area contributed by atoms with Gasteiger partial charge in [-0.2, -0.15) is 0 Å². The van der Waals surface area contributed by atoms with Crippen molar-refractivity contribution in [2.75, 3.05) is 25.1 Å². The first-order valence-corrected chi connectivity index (χ1v) is 14.6. The number of halogens is 4. The largest absolute Gasteiger partial charge is 0.444 e. The van der Waals surface area contributed by atoms with E-state index in [4.69, 9.17) is 21.1 Å². The molecule has 2 amide bonds. The summed E-state index contributed by atoms with van der Waals surface area (Å²) >= 11 is 5.85. The molecular formula is C32H35ClF3N3O5. The molecule has 8 nitrogen and oxygen atoms in total. The van der Waals surface area contributed by atoms with Gasteiger partial charge >= 0.3 is 6.09 Å². The fourth-order valence-electron chi connectivity index (χ4n) is 5.02. The lowest BCUT2D eigenvalue weighted by molar-refractivity contribution is -0.116. The summed E-state index contributed by atoms with van der Waals surface area (Å²) in [6, 6.07) is 9.22. The molecule has 4 rings (SSSR count). The molecule has 44 heavy (non-hydrogen) atoms. The Balaban J connectivity index is 1.48. The van der Waals surface area contributed by atoms with Crippen LogP contribution in [0.4, 0.5) is 23.7 Å². The van der Waals surface area contributed by atoms with E-state index in [0.29, 0.717) is 11.1 Å². The second-order valence-corrected chi connectivity index (χ2v) is 12.1. The number of hydrogen-bond acceptors (Lipinski definition) is 6. The highest BCUT2D eigenvalue weighted by Gasteiger charge is 2.35. The smallest absolute Gasteiger partial charge is 0.410 e. The highest BCUT2D eigenvalue weighted by molar-refractivity contribution is 6.30. The Hall–Kier alpha value is -3.67. The number of aliphatic hydroxyl groups is 1. The van der Waals surface area contributed by atoms with Crippen LogP contribution in [0.3, 0.4) is 0 Å². The summed E-state index contributed by atoms with van der Waals surface area (Å²) in [6.45, 7) is 5.13. The van der Waals surface area contributed by atoms with Crippen molar-refractivity contribution in [3.8, 4) is 0 Å². The van der Waals surface area contributed by atoms with Crippen LogP contribution in [0.2, 0.25) is 5.02 Å². The van der Waals surface area contributed by atoms with Gasteiger partial charge in [-0.15, -0.1) is 0 Å². The first-order valence-electron chi connectivity index (χ1n) is 14.2. The Labute approximate surface area is 259 Å². The van der Waals surface area contributed by atoms with Crippen LogP contribution in [0, 0.1) is 17.5 Å². The quantitative estimate of drug-likeness (QED) is 0.289. The third kappa shape index (κ3) is 8.71. The summed E-state index contributed by atoms with van der Waals surface area (Å²) in [5.74, 6) is -3.09. The number of aromatic nitrogens is 1. The van der Waals surface area contributed by atoms with Crippen LogP contribution in [0.25, 0.3) is 0 Å². The highest BCUT2D eigenvalue weighted by atomic mass is 35.5. The van der Waals surface area contributed by atoms with Crippen LogP contribution in [-0.2, 0) is 20.7 Å². The average Bonchev–Trinajstić information content (AvgIpc) is 2.96. The molecule has 0 radical (unpaired) electrons. The molecular weight excluding hydrogens is 599 g/mol.